The van der Waals surface area contributed by atoms with Gasteiger partial charge < -0.3 is 18.6 Å². The Hall–Kier alpha value is -2.34. The van der Waals surface area contributed by atoms with Gasteiger partial charge in [-0.25, -0.2) is 9.97 Å². The first-order valence-electron chi connectivity index (χ1n) is 7.91. The summed E-state index contributed by atoms with van der Waals surface area (Å²) in [6, 6.07) is 3.90. The molecule has 0 aliphatic carbocycles. The molecule has 4 heterocycles. The van der Waals surface area contributed by atoms with Gasteiger partial charge in [0.05, 0.1) is 31.4 Å². The molecule has 6 heteroatoms. The molecule has 1 aliphatic rings. The monoisotopic (exact) mass is 312 g/mol. The molecule has 0 spiro atoms. The van der Waals surface area contributed by atoms with E-state index in [0.29, 0.717) is 6.54 Å². The zero-order valence-corrected chi connectivity index (χ0v) is 13.5. The highest BCUT2D eigenvalue weighted by Crippen LogP contribution is 2.31. The first-order valence-corrected chi connectivity index (χ1v) is 7.91. The molecular formula is C17H20N4O2. The van der Waals surface area contributed by atoms with E-state index in [2.05, 4.69) is 33.3 Å². The number of aryl methyl sites for hydroxylation is 1. The summed E-state index contributed by atoms with van der Waals surface area (Å²) in [5, 5.41) is 1.14. The van der Waals surface area contributed by atoms with E-state index in [1.54, 1.807) is 12.6 Å². The van der Waals surface area contributed by atoms with Crippen LogP contribution >= 0.6 is 0 Å². The van der Waals surface area contributed by atoms with E-state index in [1.807, 2.05) is 12.1 Å². The van der Waals surface area contributed by atoms with E-state index < -0.39 is 0 Å². The molecule has 0 bridgehead atoms. The molecule has 23 heavy (non-hydrogen) atoms. The van der Waals surface area contributed by atoms with E-state index in [0.717, 1.165) is 48.9 Å². The predicted molar refractivity (Wildman–Crippen MR) is 87.8 cm³/mol. The zero-order chi connectivity index (χ0) is 15.8. The van der Waals surface area contributed by atoms with Crippen LogP contribution in [-0.2, 0) is 11.3 Å². The second-order valence-corrected chi connectivity index (χ2v) is 5.87. The van der Waals surface area contributed by atoms with Crippen molar-refractivity contribution in [2.24, 2.45) is 0 Å². The highest BCUT2D eigenvalue weighted by atomic mass is 16.5. The Balaban J connectivity index is 1.84. The van der Waals surface area contributed by atoms with Gasteiger partial charge in [0.2, 0.25) is 0 Å². The number of fused-ring (bicyclic) bond motifs is 1. The SMILES string of the molecule is Cc1c(C)n(Cc2ccco2)c2ncnc(N3CCOCC3)c12. The van der Waals surface area contributed by atoms with Crippen molar-refractivity contribution in [1.29, 1.82) is 0 Å². The van der Waals surface area contributed by atoms with Crippen molar-refractivity contribution in [2.45, 2.75) is 20.4 Å². The Labute approximate surface area is 134 Å². The van der Waals surface area contributed by atoms with Gasteiger partial charge in [0.25, 0.3) is 0 Å². The Morgan fingerprint density at radius 1 is 1.17 bits per heavy atom. The van der Waals surface area contributed by atoms with Crippen LogP contribution in [-0.4, -0.2) is 40.8 Å². The Morgan fingerprint density at radius 3 is 2.74 bits per heavy atom. The van der Waals surface area contributed by atoms with Crippen LogP contribution in [0.2, 0.25) is 0 Å². The Morgan fingerprint density at radius 2 is 2.00 bits per heavy atom. The van der Waals surface area contributed by atoms with Crippen molar-refractivity contribution in [2.75, 3.05) is 31.2 Å². The summed E-state index contributed by atoms with van der Waals surface area (Å²) in [6.07, 6.45) is 3.36. The van der Waals surface area contributed by atoms with Crippen LogP contribution in [0.3, 0.4) is 0 Å². The van der Waals surface area contributed by atoms with Gasteiger partial charge in [-0.1, -0.05) is 0 Å². The third kappa shape index (κ3) is 2.39. The van der Waals surface area contributed by atoms with Gasteiger partial charge in [-0.2, -0.15) is 0 Å². The molecule has 120 valence electrons. The molecule has 1 aliphatic heterocycles. The first-order chi connectivity index (χ1) is 11.3. The average Bonchev–Trinajstić information content (AvgIpc) is 3.19. The number of furan rings is 1. The fraction of sp³-hybridized carbons (Fsp3) is 0.412. The van der Waals surface area contributed by atoms with Crippen molar-refractivity contribution in [1.82, 2.24) is 14.5 Å². The second-order valence-electron chi connectivity index (χ2n) is 5.87. The molecule has 0 saturated carbocycles. The summed E-state index contributed by atoms with van der Waals surface area (Å²) in [5.41, 5.74) is 3.40. The smallest absolute Gasteiger partial charge is 0.146 e. The zero-order valence-electron chi connectivity index (χ0n) is 13.5. The molecule has 3 aromatic heterocycles. The molecular weight excluding hydrogens is 292 g/mol. The minimum Gasteiger partial charge on any atom is -0.467 e. The molecule has 1 saturated heterocycles. The van der Waals surface area contributed by atoms with Crippen LogP contribution in [0.5, 0.6) is 0 Å². The standard InChI is InChI=1S/C17H20N4O2/c1-12-13(2)21(10-14-4-3-7-23-14)17-15(12)16(18-11-19-17)20-5-8-22-9-6-20/h3-4,7,11H,5-6,8-10H2,1-2H3. The van der Waals surface area contributed by atoms with Gasteiger partial charge in [-0.15, -0.1) is 0 Å². The highest BCUT2D eigenvalue weighted by Gasteiger charge is 2.21. The summed E-state index contributed by atoms with van der Waals surface area (Å²) in [6.45, 7) is 8.19. The predicted octanol–water partition coefficient (Wildman–Crippen LogP) is 2.53. The maximum Gasteiger partial charge on any atom is 0.146 e. The van der Waals surface area contributed by atoms with Crippen molar-refractivity contribution in [3.63, 3.8) is 0 Å². The molecule has 3 aromatic rings. The summed E-state index contributed by atoms with van der Waals surface area (Å²) >= 11 is 0. The number of hydrogen-bond donors (Lipinski definition) is 0. The minimum absolute atomic E-state index is 0.683. The quantitative estimate of drug-likeness (QED) is 0.744. The summed E-state index contributed by atoms with van der Waals surface area (Å²) in [7, 11) is 0. The number of ether oxygens (including phenoxy) is 1. The van der Waals surface area contributed by atoms with Crippen LogP contribution in [0.4, 0.5) is 5.82 Å². The van der Waals surface area contributed by atoms with Gasteiger partial charge in [-0.05, 0) is 31.5 Å². The van der Waals surface area contributed by atoms with Gasteiger partial charge in [-0.3, -0.25) is 0 Å². The van der Waals surface area contributed by atoms with Crippen LogP contribution < -0.4 is 4.90 Å². The topological polar surface area (TPSA) is 56.3 Å². The number of anilines is 1. The maximum absolute atomic E-state index is 5.51. The third-order valence-electron chi connectivity index (χ3n) is 4.59. The van der Waals surface area contributed by atoms with Gasteiger partial charge in [0.1, 0.15) is 23.6 Å². The number of rotatable bonds is 3. The largest absolute Gasteiger partial charge is 0.467 e. The Kier molecular flexibility index (Phi) is 3.53. The maximum atomic E-state index is 5.51. The molecule has 6 nitrogen and oxygen atoms in total. The summed E-state index contributed by atoms with van der Waals surface area (Å²) in [4.78, 5) is 11.4. The van der Waals surface area contributed by atoms with Crippen LogP contribution in [0.25, 0.3) is 11.0 Å². The molecule has 0 unspecified atom stereocenters. The number of nitrogens with zero attached hydrogens (tertiary/aromatic N) is 4. The molecule has 0 N–H and O–H groups in total. The lowest BCUT2D eigenvalue weighted by Gasteiger charge is -2.28. The summed E-state index contributed by atoms with van der Waals surface area (Å²) in [5.74, 6) is 1.94. The molecule has 0 amide bonds. The highest BCUT2D eigenvalue weighted by molar-refractivity contribution is 5.92. The molecule has 0 aromatic carbocycles. The molecule has 0 radical (unpaired) electrons. The van der Waals surface area contributed by atoms with Crippen molar-refractivity contribution >= 4 is 16.9 Å². The van der Waals surface area contributed by atoms with E-state index in [1.165, 1.54) is 11.3 Å². The second kappa shape index (κ2) is 5.70. The van der Waals surface area contributed by atoms with Crippen molar-refractivity contribution in [3.8, 4) is 0 Å². The van der Waals surface area contributed by atoms with Crippen molar-refractivity contribution in [3.05, 3.63) is 41.7 Å². The van der Waals surface area contributed by atoms with Gasteiger partial charge in [0.15, 0.2) is 0 Å². The lowest BCUT2D eigenvalue weighted by Crippen LogP contribution is -2.36. The van der Waals surface area contributed by atoms with Crippen molar-refractivity contribution < 1.29 is 9.15 Å². The Bertz CT molecular complexity index is 817. The first kappa shape index (κ1) is 14.3. The van der Waals surface area contributed by atoms with Crippen LogP contribution in [0.15, 0.2) is 29.1 Å². The molecule has 4 rings (SSSR count). The van der Waals surface area contributed by atoms with Gasteiger partial charge in [0, 0.05) is 18.8 Å². The third-order valence-corrected chi connectivity index (χ3v) is 4.59. The fourth-order valence-electron chi connectivity index (χ4n) is 3.22. The van der Waals surface area contributed by atoms with E-state index in [4.69, 9.17) is 9.15 Å². The lowest BCUT2D eigenvalue weighted by atomic mass is 10.2. The minimum atomic E-state index is 0.683. The van der Waals surface area contributed by atoms with E-state index >= 15 is 0 Å². The van der Waals surface area contributed by atoms with Crippen LogP contribution in [0, 0.1) is 13.8 Å². The number of aromatic nitrogens is 3. The number of hydrogen-bond acceptors (Lipinski definition) is 5. The summed E-state index contributed by atoms with van der Waals surface area (Å²) < 4.78 is 13.2. The molecule has 1 fully saturated rings. The van der Waals surface area contributed by atoms with Crippen LogP contribution in [0.1, 0.15) is 17.0 Å². The number of morpholine rings is 1. The fourth-order valence-corrected chi connectivity index (χ4v) is 3.22. The lowest BCUT2D eigenvalue weighted by molar-refractivity contribution is 0.122. The van der Waals surface area contributed by atoms with E-state index in [-0.39, 0.29) is 0 Å². The normalized spacial score (nSPS) is 15.5. The molecule has 0 atom stereocenters. The van der Waals surface area contributed by atoms with E-state index in [9.17, 15) is 0 Å². The average molecular weight is 312 g/mol. The van der Waals surface area contributed by atoms with Gasteiger partial charge >= 0.3 is 0 Å².